The number of hydrogen-bond acceptors (Lipinski definition) is 11. The van der Waals surface area contributed by atoms with Crippen LogP contribution >= 0.6 is 0 Å². The average Bonchev–Trinajstić information content (AvgIpc) is 3.36. The highest BCUT2D eigenvalue weighted by atomic mass is 16.7. The lowest BCUT2D eigenvalue weighted by Crippen LogP contribution is -2.40. The molecule has 2 aliphatic rings. The van der Waals surface area contributed by atoms with E-state index in [9.17, 15) is 14.4 Å². The summed E-state index contributed by atoms with van der Waals surface area (Å²) < 4.78 is 23.3. The Morgan fingerprint density at radius 1 is 1.07 bits per heavy atom. The van der Waals surface area contributed by atoms with Gasteiger partial charge in [0, 0.05) is 33.9 Å². The second-order valence-corrected chi connectivity index (χ2v) is 7.03. The van der Waals surface area contributed by atoms with Crippen molar-refractivity contribution < 1.29 is 33.3 Å². The largest absolute Gasteiger partial charge is 0.463 e. The van der Waals surface area contributed by atoms with Crippen LogP contribution in [0.1, 0.15) is 27.0 Å². The van der Waals surface area contributed by atoms with Crippen LogP contribution in [0, 0.1) is 0 Å². The SMILES string of the molecule is CC(=O)OC[C@H]1O[C@@H](n2ncc3c(N4CC4)ncnc32)[C@@H](OC(C)=O)[C@H]1OC(C)=O. The molecule has 0 spiro atoms. The number of ether oxygens (including phenoxy) is 4. The number of anilines is 1. The molecule has 0 saturated carbocycles. The zero-order valence-corrected chi connectivity index (χ0v) is 16.7. The molecular weight excluding hydrogens is 398 g/mol. The molecule has 4 rings (SSSR count). The van der Waals surface area contributed by atoms with Gasteiger partial charge in [-0.3, -0.25) is 14.4 Å². The van der Waals surface area contributed by atoms with Gasteiger partial charge in [-0.2, -0.15) is 5.10 Å². The number of carbonyl (C=O) groups excluding carboxylic acids is 3. The average molecular weight is 419 g/mol. The first-order valence-corrected chi connectivity index (χ1v) is 9.41. The van der Waals surface area contributed by atoms with Crippen LogP contribution in [0.4, 0.5) is 5.82 Å². The topological polar surface area (TPSA) is 135 Å². The molecule has 160 valence electrons. The summed E-state index contributed by atoms with van der Waals surface area (Å²) >= 11 is 0. The van der Waals surface area contributed by atoms with Crippen molar-refractivity contribution in [3.05, 3.63) is 12.5 Å². The summed E-state index contributed by atoms with van der Waals surface area (Å²) in [6.07, 6.45) is -0.798. The predicted molar refractivity (Wildman–Crippen MR) is 99.2 cm³/mol. The van der Waals surface area contributed by atoms with Crippen LogP contribution in [0.15, 0.2) is 12.5 Å². The van der Waals surface area contributed by atoms with Crippen molar-refractivity contribution in [3.63, 3.8) is 0 Å². The highest BCUT2D eigenvalue weighted by Gasteiger charge is 2.51. The van der Waals surface area contributed by atoms with Crippen molar-refractivity contribution in [1.82, 2.24) is 19.7 Å². The zero-order valence-electron chi connectivity index (χ0n) is 16.7. The number of fused-ring (bicyclic) bond motifs is 1. The Balaban J connectivity index is 1.72. The van der Waals surface area contributed by atoms with Gasteiger partial charge in [0.1, 0.15) is 24.9 Å². The predicted octanol–water partition coefficient (Wildman–Crippen LogP) is -0.0298. The maximum absolute atomic E-state index is 11.8. The Bertz CT molecular complexity index is 988. The third-order valence-corrected chi connectivity index (χ3v) is 4.70. The normalized spacial score (nSPS) is 25.2. The quantitative estimate of drug-likeness (QED) is 0.355. The van der Waals surface area contributed by atoms with E-state index < -0.39 is 42.4 Å². The number of hydrogen-bond donors (Lipinski definition) is 0. The number of aromatic nitrogens is 4. The maximum atomic E-state index is 11.8. The molecular formula is C18H21N5O7. The summed E-state index contributed by atoms with van der Waals surface area (Å²) in [7, 11) is 0. The monoisotopic (exact) mass is 419 g/mol. The summed E-state index contributed by atoms with van der Waals surface area (Å²) in [6.45, 7) is 5.33. The van der Waals surface area contributed by atoms with Crippen molar-refractivity contribution in [3.8, 4) is 0 Å². The van der Waals surface area contributed by atoms with Gasteiger partial charge in [0.25, 0.3) is 0 Å². The van der Waals surface area contributed by atoms with E-state index in [0.29, 0.717) is 11.0 Å². The highest BCUT2D eigenvalue weighted by Crippen LogP contribution is 2.37. The van der Waals surface area contributed by atoms with Crippen molar-refractivity contribution >= 4 is 34.8 Å². The van der Waals surface area contributed by atoms with E-state index in [1.54, 1.807) is 6.20 Å². The molecule has 4 heterocycles. The van der Waals surface area contributed by atoms with Crippen molar-refractivity contribution in [2.24, 2.45) is 0 Å². The first-order valence-electron chi connectivity index (χ1n) is 9.41. The Hall–Kier alpha value is -3.28. The fourth-order valence-corrected chi connectivity index (χ4v) is 3.44. The summed E-state index contributed by atoms with van der Waals surface area (Å²) in [5, 5.41) is 5.09. The molecule has 2 saturated heterocycles. The van der Waals surface area contributed by atoms with Crippen molar-refractivity contribution in [1.29, 1.82) is 0 Å². The Kier molecular flexibility index (Phi) is 5.24. The summed E-state index contributed by atoms with van der Waals surface area (Å²) in [6, 6.07) is 0. The van der Waals surface area contributed by atoms with Gasteiger partial charge >= 0.3 is 17.9 Å². The summed E-state index contributed by atoms with van der Waals surface area (Å²) in [4.78, 5) is 45.4. The van der Waals surface area contributed by atoms with Crippen LogP contribution in [0.5, 0.6) is 0 Å². The molecule has 4 atom stereocenters. The highest BCUT2D eigenvalue weighted by molar-refractivity contribution is 5.87. The van der Waals surface area contributed by atoms with Crippen molar-refractivity contribution in [2.45, 2.75) is 45.3 Å². The molecule has 0 aromatic carbocycles. The van der Waals surface area contributed by atoms with Gasteiger partial charge in [-0.25, -0.2) is 14.6 Å². The maximum Gasteiger partial charge on any atom is 0.303 e. The van der Waals surface area contributed by atoms with E-state index in [1.165, 1.54) is 31.8 Å². The first kappa shape index (κ1) is 20.0. The van der Waals surface area contributed by atoms with Crippen molar-refractivity contribution in [2.75, 3.05) is 24.6 Å². The van der Waals surface area contributed by atoms with Gasteiger partial charge in [0.15, 0.2) is 24.1 Å². The molecule has 0 unspecified atom stereocenters. The van der Waals surface area contributed by atoms with Crippen LogP contribution in [0.2, 0.25) is 0 Å². The van der Waals surface area contributed by atoms with Gasteiger partial charge in [-0.1, -0.05) is 0 Å². The molecule has 0 radical (unpaired) electrons. The second-order valence-electron chi connectivity index (χ2n) is 7.03. The molecule has 0 bridgehead atoms. The standard InChI is InChI=1S/C18H21N5O7/c1-9(24)27-7-13-14(28-10(2)25)15(29-11(3)26)18(30-13)23-17-12(6-21-23)16(19-8-20-17)22-4-5-22/h6,8,13-15,18H,4-5,7H2,1-3H3/t13-,14+,15+,18-/m1/s1. The molecule has 2 aromatic heterocycles. The lowest BCUT2D eigenvalue weighted by atomic mass is 10.1. The number of carbonyl (C=O) groups is 3. The van der Waals surface area contributed by atoms with E-state index in [-0.39, 0.29) is 6.61 Å². The van der Waals surface area contributed by atoms with Crippen LogP contribution < -0.4 is 4.90 Å². The number of nitrogens with zero attached hydrogens (tertiary/aromatic N) is 5. The molecule has 0 N–H and O–H groups in total. The van der Waals surface area contributed by atoms with E-state index in [4.69, 9.17) is 18.9 Å². The molecule has 12 nitrogen and oxygen atoms in total. The van der Waals surface area contributed by atoms with Crippen LogP contribution in [-0.4, -0.2) is 75.7 Å². The van der Waals surface area contributed by atoms with Gasteiger partial charge in [-0.05, 0) is 0 Å². The molecule has 2 fully saturated rings. The number of rotatable bonds is 6. The van der Waals surface area contributed by atoms with Gasteiger partial charge in [-0.15, -0.1) is 0 Å². The molecule has 2 aliphatic heterocycles. The molecule has 30 heavy (non-hydrogen) atoms. The molecule has 0 aliphatic carbocycles. The Morgan fingerprint density at radius 2 is 1.77 bits per heavy atom. The Morgan fingerprint density at radius 3 is 2.40 bits per heavy atom. The van der Waals surface area contributed by atoms with Crippen LogP contribution in [0.25, 0.3) is 11.0 Å². The summed E-state index contributed by atoms with van der Waals surface area (Å²) in [5.41, 5.74) is 0.476. The van der Waals surface area contributed by atoms with Gasteiger partial charge in [0.05, 0.1) is 11.6 Å². The van der Waals surface area contributed by atoms with E-state index in [1.807, 2.05) is 0 Å². The fourth-order valence-electron chi connectivity index (χ4n) is 3.44. The second kappa shape index (κ2) is 7.86. The molecule has 12 heteroatoms. The number of esters is 3. The minimum Gasteiger partial charge on any atom is -0.463 e. The van der Waals surface area contributed by atoms with E-state index in [2.05, 4.69) is 20.0 Å². The van der Waals surface area contributed by atoms with Gasteiger partial charge < -0.3 is 23.8 Å². The fraction of sp³-hybridized carbons (Fsp3) is 0.556. The summed E-state index contributed by atoms with van der Waals surface area (Å²) in [5.74, 6) is -0.949. The minimum atomic E-state index is -1.02. The third kappa shape index (κ3) is 3.90. The van der Waals surface area contributed by atoms with Crippen LogP contribution in [0.3, 0.4) is 0 Å². The smallest absolute Gasteiger partial charge is 0.303 e. The molecule has 2 aromatic rings. The van der Waals surface area contributed by atoms with Gasteiger partial charge in [0.2, 0.25) is 0 Å². The zero-order chi connectivity index (χ0) is 21.4. The third-order valence-electron chi connectivity index (χ3n) is 4.70. The van der Waals surface area contributed by atoms with E-state index in [0.717, 1.165) is 18.9 Å². The lowest BCUT2D eigenvalue weighted by Gasteiger charge is -2.23. The van der Waals surface area contributed by atoms with E-state index >= 15 is 0 Å². The molecule has 0 amide bonds. The first-order chi connectivity index (χ1) is 14.3. The Labute approximate surface area is 171 Å². The lowest BCUT2D eigenvalue weighted by molar-refractivity contribution is -0.166. The van der Waals surface area contributed by atoms with Crippen LogP contribution in [-0.2, 0) is 33.3 Å². The minimum absolute atomic E-state index is 0.186.